The predicted octanol–water partition coefficient (Wildman–Crippen LogP) is 5.03. The van der Waals surface area contributed by atoms with Crippen molar-refractivity contribution in [3.05, 3.63) is 87.6 Å². The van der Waals surface area contributed by atoms with E-state index >= 15 is 0 Å². The minimum Gasteiger partial charge on any atom is -0.317 e. The lowest BCUT2D eigenvalue weighted by Gasteiger charge is -2.08. The van der Waals surface area contributed by atoms with Gasteiger partial charge >= 0.3 is 0 Å². The zero-order chi connectivity index (χ0) is 22.0. The van der Waals surface area contributed by atoms with E-state index in [0.29, 0.717) is 22.6 Å². The van der Waals surface area contributed by atoms with Gasteiger partial charge < -0.3 is 4.57 Å². The Morgan fingerprint density at radius 2 is 1.77 bits per heavy atom. The number of halogens is 1. The molecule has 0 saturated heterocycles. The Morgan fingerprint density at radius 1 is 1.06 bits per heavy atom. The van der Waals surface area contributed by atoms with Crippen molar-refractivity contribution < 1.29 is 13.2 Å². The number of rotatable bonds is 5. The number of aromatic nitrogens is 1. The van der Waals surface area contributed by atoms with Gasteiger partial charge in [0, 0.05) is 22.3 Å². The van der Waals surface area contributed by atoms with Crippen molar-refractivity contribution in [3.63, 3.8) is 0 Å². The van der Waals surface area contributed by atoms with Crippen molar-refractivity contribution in [2.75, 3.05) is 4.72 Å². The van der Waals surface area contributed by atoms with E-state index in [-0.39, 0.29) is 10.8 Å². The highest BCUT2D eigenvalue weighted by molar-refractivity contribution is 9.10. The minimum atomic E-state index is -3.69. The number of aryl methyl sites for hydroxylation is 1. The summed E-state index contributed by atoms with van der Waals surface area (Å²) >= 11 is 4.92. The van der Waals surface area contributed by atoms with Crippen LogP contribution >= 0.6 is 27.3 Å². The van der Waals surface area contributed by atoms with Gasteiger partial charge in [0.1, 0.15) is 0 Å². The number of carbonyl (C=O) groups excluding carboxylic acids is 1. The number of anilines is 1. The molecular formula is C22H18BrN3O3S2. The minimum absolute atomic E-state index is 0.172. The summed E-state index contributed by atoms with van der Waals surface area (Å²) in [5.41, 5.74) is 1.77. The largest absolute Gasteiger partial charge is 0.317 e. The molecule has 0 spiro atoms. The van der Waals surface area contributed by atoms with E-state index in [1.165, 1.54) is 23.5 Å². The quantitative estimate of drug-likeness (QED) is 0.404. The first kappa shape index (κ1) is 21.5. The lowest BCUT2D eigenvalue weighted by Crippen LogP contribution is -2.16. The third kappa shape index (κ3) is 4.63. The third-order valence-electron chi connectivity index (χ3n) is 4.60. The highest BCUT2D eigenvalue weighted by atomic mass is 79.9. The molecule has 0 fully saturated rings. The molecular weight excluding hydrogens is 498 g/mol. The van der Waals surface area contributed by atoms with E-state index in [4.69, 9.17) is 0 Å². The molecule has 6 nitrogen and oxygen atoms in total. The Labute approximate surface area is 192 Å². The molecule has 0 unspecified atom stereocenters. The monoisotopic (exact) mass is 515 g/mol. The Morgan fingerprint density at radius 3 is 2.45 bits per heavy atom. The fourth-order valence-corrected chi connectivity index (χ4v) is 5.81. The second kappa shape index (κ2) is 8.78. The maximum Gasteiger partial charge on any atom is 0.279 e. The van der Waals surface area contributed by atoms with Crippen LogP contribution in [0.25, 0.3) is 10.2 Å². The summed E-state index contributed by atoms with van der Waals surface area (Å²) in [6.07, 6.45) is 0. The topological polar surface area (TPSA) is 80.5 Å². The molecule has 0 aliphatic heterocycles. The SMILES string of the molecule is CCn1c(=NC(=O)c2ccc(NS(=O)(=O)c3ccccc3)cc2)sc2cc(Br)ccc21. The van der Waals surface area contributed by atoms with Gasteiger partial charge in [-0.05, 0) is 61.5 Å². The number of hydrogen-bond donors (Lipinski definition) is 1. The molecule has 1 N–H and O–H groups in total. The molecule has 0 atom stereocenters. The number of nitrogens with zero attached hydrogens (tertiary/aromatic N) is 2. The van der Waals surface area contributed by atoms with Gasteiger partial charge in [0.25, 0.3) is 15.9 Å². The van der Waals surface area contributed by atoms with E-state index in [0.717, 1.165) is 14.7 Å². The van der Waals surface area contributed by atoms with Crippen molar-refractivity contribution in [1.29, 1.82) is 0 Å². The number of nitrogens with one attached hydrogen (secondary N) is 1. The van der Waals surface area contributed by atoms with Crippen LogP contribution in [-0.2, 0) is 16.6 Å². The highest BCUT2D eigenvalue weighted by Gasteiger charge is 2.14. The fourth-order valence-electron chi connectivity index (χ4n) is 3.08. The van der Waals surface area contributed by atoms with Crippen molar-refractivity contribution >= 4 is 59.1 Å². The fraction of sp³-hybridized carbons (Fsp3) is 0.0909. The number of sulfonamides is 1. The summed E-state index contributed by atoms with van der Waals surface area (Å²) in [5.74, 6) is -0.384. The Kier molecular flexibility index (Phi) is 6.08. The van der Waals surface area contributed by atoms with Crippen LogP contribution in [0, 0.1) is 0 Å². The lowest BCUT2D eigenvalue weighted by atomic mass is 10.2. The van der Waals surface area contributed by atoms with E-state index in [2.05, 4.69) is 25.6 Å². The Bertz CT molecular complexity index is 1420. The molecule has 31 heavy (non-hydrogen) atoms. The van der Waals surface area contributed by atoms with Gasteiger partial charge in [-0.3, -0.25) is 9.52 Å². The summed E-state index contributed by atoms with van der Waals surface area (Å²) in [6.45, 7) is 2.69. The first-order valence-electron chi connectivity index (χ1n) is 9.43. The van der Waals surface area contributed by atoms with Crippen LogP contribution in [-0.4, -0.2) is 18.9 Å². The van der Waals surface area contributed by atoms with Crippen molar-refractivity contribution in [2.24, 2.45) is 4.99 Å². The van der Waals surface area contributed by atoms with Crippen LogP contribution < -0.4 is 9.52 Å². The normalized spacial score (nSPS) is 12.3. The molecule has 9 heteroatoms. The van der Waals surface area contributed by atoms with Crippen LogP contribution in [0.15, 0.2) is 87.2 Å². The van der Waals surface area contributed by atoms with Crippen LogP contribution in [0.2, 0.25) is 0 Å². The van der Waals surface area contributed by atoms with Crippen LogP contribution in [0.5, 0.6) is 0 Å². The van der Waals surface area contributed by atoms with Crippen molar-refractivity contribution in [2.45, 2.75) is 18.4 Å². The molecule has 3 aromatic carbocycles. The molecule has 4 rings (SSSR count). The zero-order valence-electron chi connectivity index (χ0n) is 16.4. The summed E-state index contributed by atoms with van der Waals surface area (Å²) in [4.78, 5) is 17.8. The summed E-state index contributed by atoms with van der Waals surface area (Å²) in [7, 11) is -3.69. The van der Waals surface area contributed by atoms with E-state index in [9.17, 15) is 13.2 Å². The molecule has 0 aliphatic carbocycles. The molecule has 4 aromatic rings. The number of benzene rings is 3. The van der Waals surface area contributed by atoms with Gasteiger partial charge in [-0.1, -0.05) is 45.5 Å². The maximum absolute atomic E-state index is 12.7. The standard InChI is InChI=1S/C22H18BrN3O3S2/c1-2-26-19-13-10-16(23)14-20(19)30-22(26)24-21(27)15-8-11-17(12-9-15)25-31(28,29)18-6-4-3-5-7-18/h3-14,25H,2H2,1H3. The second-order valence-electron chi connectivity index (χ2n) is 6.65. The molecule has 1 amide bonds. The lowest BCUT2D eigenvalue weighted by molar-refractivity contribution is 0.0998. The predicted molar refractivity (Wildman–Crippen MR) is 127 cm³/mol. The van der Waals surface area contributed by atoms with Crippen molar-refractivity contribution in [1.82, 2.24) is 4.57 Å². The maximum atomic E-state index is 12.7. The van der Waals surface area contributed by atoms with E-state index in [1.807, 2.05) is 29.7 Å². The average molecular weight is 516 g/mol. The first-order valence-corrected chi connectivity index (χ1v) is 12.5. The molecule has 1 heterocycles. The van der Waals surface area contributed by atoms with Gasteiger partial charge in [-0.25, -0.2) is 8.42 Å². The molecule has 0 aliphatic rings. The van der Waals surface area contributed by atoms with Gasteiger partial charge in [-0.2, -0.15) is 4.99 Å². The molecule has 0 radical (unpaired) electrons. The number of amides is 1. The number of thiazole rings is 1. The number of hydrogen-bond acceptors (Lipinski definition) is 4. The van der Waals surface area contributed by atoms with Gasteiger partial charge in [0.15, 0.2) is 4.80 Å². The van der Waals surface area contributed by atoms with Gasteiger partial charge in [0.05, 0.1) is 15.1 Å². The number of carbonyl (C=O) groups is 1. The smallest absolute Gasteiger partial charge is 0.279 e. The average Bonchev–Trinajstić information content (AvgIpc) is 3.10. The first-order chi connectivity index (χ1) is 14.9. The zero-order valence-corrected chi connectivity index (χ0v) is 19.7. The molecule has 0 bridgehead atoms. The number of fused-ring (bicyclic) bond motifs is 1. The second-order valence-corrected chi connectivity index (χ2v) is 10.3. The van der Waals surface area contributed by atoms with Crippen molar-refractivity contribution in [3.8, 4) is 0 Å². The summed E-state index contributed by atoms with van der Waals surface area (Å²) in [5, 5.41) is 0. The van der Waals surface area contributed by atoms with Gasteiger partial charge in [-0.15, -0.1) is 0 Å². The summed E-state index contributed by atoms with van der Waals surface area (Å²) in [6, 6.07) is 20.3. The third-order valence-corrected chi connectivity index (χ3v) is 7.53. The molecule has 0 saturated carbocycles. The molecule has 1 aromatic heterocycles. The Balaban J connectivity index is 1.60. The highest BCUT2D eigenvalue weighted by Crippen LogP contribution is 2.22. The van der Waals surface area contributed by atoms with E-state index in [1.54, 1.807) is 42.5 Å². The van der Waals surface area contributed by atoms with Crippen LogP contribution in [0.1, 0.15) is 17.3 Å². The Hall–Kier alpha value is -2.75. The molecule has 158 valence electrons. The van der Waals surface area contributed by atoms with E-state index < -0.39 is 10.0 Å². The van der Waals surface area contributed by atoms with Crippen LogP contribution in [0.4, 0.5) is 5.69 Å². The van der Waals surface area contributed by atoms with Gasteiger partial charge in [0.2, 0.25) is 0 Å². The van der Waals surface area contributed by atoms with Crippen LogP contribution in [0.3, 0.4) is 0 Å². The summed E-state index contributed by atoms with van der Waals surface area (Å²) < 4.78 is 31.4.